The average molecular weight is 324 g/mol. The van der Waals surface area contributed by atoms with Gasteiger partial charge in [0.25, 0.3) is 0 Å². The zero-order valence-corrected chi connectivity index (χ0v) is 14.5. The minimum Gasteiger partial charge on any atom is -0.466 e. The number of unbranched alkanes of at least 4 members (excludes halogenated alkanes) is 2. The van der Waals surface area contributed by atoms with Crippen molar-refractivity contribution in [1.82, 2.24) is 10.2 Å². The molecule has 2 fully saturated rings. The monoisotopic (exact) mass is 324 g/mol. The van der Waals surface area contributed by atoms with Crippen LogP contribution in [0, 0.1) is 11.8 Å². The van der Waals surface area contributed by atoms with Crippen molar-refractivity contribution in [2.45, 2.75) is 58.3 Å². The van der Waals surface area contributed by atoms with E-state index in [1.807, 2.05) is 6.92 Å². The van der Waals surface area contributed by atoms with Crippen LogP contribution in [-0.2, 0) is 14.3 Å². The number of hydrogen-bond acceptors (Lipinski definition) is 4. The quantitative estimate of drug-likeness (QED) is 0.495. The summed E-state index contributed by atoms with van der Waals surface area (Å²) in [5.74, 6) is 1.09. The first-order valence-electron chi connectivity index (χ1n) is 9.34. The summed E-state index contributed by atoms with van der Waals surface area (Å²) in [4.78, 5) is 25.9. The Balaban J connectivity index is 1.54. The van der Waals surface area contributed by atoms with Crippen molar-refractivity contribution in [3.05, 3.63) is 0 Å². The van der Waals surface area contributed by atoms with Gasteiger partial charge in [0.1, 0.15) is 0 Å². The van der Waals surface area contributed by atoms with Gasteiger partial charge in [-0.3, -0.25) is 9.59 Å². The molecule has 5 heteroatoms. The van der Waals surface area contributed by atoms with Gasteiger partial charge in [0.2, 0.25) is 5.91 Å². The lowest BCUT2D eigenvalue weighted by Crippen LogP contribution is -2.43. The Kier molecular flexibility index (Phi) is 7.86. The Bertz CT molecular complexity index is 382. The highest BCUT2D eigenvalue weighted by molar-refractivity contribution is 5.79. The maximum atomic E-state index is 12.2. The fraction of sp³-hybridized carbons (Fsp3) is 0.889. The van der Waals surface area contributed by atoms with E-state index < -0.39 is 0 Å². The van der Waals surface area contributed by atoms with Crippen molar-refractivity contribution in [2.24, 2.45) is 11.8 Å². The minimum atomic E-state index is -0.0853. The average Bonchev–Trinajstić information content (AvgIpc) is 3.37. The molecule has 1 saturated heterocycles. The summed E-state index contributed by atoms with van der Waals surface area (Å²) in [5.41, 5.74) is 0. The number of piperidine rings is 1. The smallest absolute Gasteiger partial charge is 0.305 e. The molecule has 1 heterocycles. The summed E-state index contributed by atoms with van der Waals surface area (Å²) in [7, 11) is 0. The van der Waals surface area contributed by atoms with E-state index in [9.17, 15) is 9.59 Å². The number of likely N-dealkylation sites (tertiary alicyclic amines) is 1. The van der Waals surface area contributed by atoms with Crippen LogP contribution in [0.3, 0.4) is 0 Å². The Labute approximate surface area is 140 Å². The van der Waals surface area contributed by atoms with Crippen molar-refractivity contribution in [3.63, 3.8) is 0 Å². The van der Waals surface area contributed by atoms with Gasteiger partial charge in [-0.25, -0.2) is 0 Å². The maximum Gasteiger partial charge on any atom is 0.305 e. The van der Waals surface area contributed by atoms with Crippen LogP contribution in [0.1, 0.15) is 58.3 Å². The van der Waals surface area contributed by atoms with Crippen LogP contribution >= 0.6 is 0 Å². The molecule has 1 saturated carbocycles. The topological polar surface area (TPSA) is 58.6 Å². The Morgan fingerprint density at radius 2 is 2.00 bits per heavy atom. The molecule has 5 nitrogen and oxygen atoms in total. The van der Waals surface area contributed by atoms with Crippen molar-refractivity contribution >= 4 is 11.9 Å². The molecule has 0 aromatic carbocycles. The second-order valence-electron chi connectivity index (χ2n) is 6.94. The summed E-state index contributed by atoms with van der Waals surface area (Å²) in [6.45, 7) is 6.22. The maximum absolute atomic E-state index is 12.2. The van der Waals surface area contributed by atoms with Gasteiger partial charge in [-0.2, -0.15) is 0 Å². The van der Waals surface area contributed by atoms with E-state index in [-0.39, 0.29) is 17.8 Å². The van der Waals surface area contributed by atoms with Crippen LogP contribution in [-0.4, -0.2) is 49.6 Å². The summed E-state index contributed by atoms with van der Waals surface area (Å²) in [6, 6.07) is 0. The van der Waals surface area contributed by atoms with Gasteiger partial charge >= 0.3 is 5.97 Å². The lowest BCUT2D eigenvalue weighted by molar-refractivity contribution is -0.143. The van der Waals surface area contributed by atoms with Crippen molar-refractivity contribution in [1.29, 1.82) is 0 Å². The molecule has 132 valence electrons. The Morgan fingerprint density at radius 1 is 1.17 bits per heavy atom. The molecule has 0 unspecified atom stereocenters. The normalized spacial score (nSPS) is 21.9. The van der Waals surface area contributed by atoms with E-state index in [1.165, 1.54) is 12.8 Å². The van der Waals surface area contributed by atoms with Crippen LogP contribution in [0.5, 0.6) is 0 Å². The second kappa shape index (κ2) is 9.91. The molecule has 1 atom stereocenters. The Morgan fingerprint density at radius 3 is 2.74 bits per heavy atom. The van der Waals surface area contributed by atoms with Crippen molar-refractivity contribution in [2.75, 3.05) is 32.8 Å². The lowest BCUT2D eigenvalue weighted by Gasteiger charge is -2.32. The molecule has 0 aromatic heterocycles. The van der Waals surface area contributed by atoms with Crippen LogP contribution in [0.15, 0.2) is 0 Å². The van der Waals surface area contributed by atoms with Crippen LogP contribution in [0.25, 0.3) is 0 Å². The molecular weight excluding hydrogens is 292 g/mol. The zero-order valence-electron chi connectivity index (χ0n) is 14.5. The fourth-order valence-corrected chi connectivity index (χ4v) is 3.20. The molecule has 0 aromatic rings. The molecule has 1 amide bonds. The first kappa shape index (κ1) is 18.2. The van der Waals surface area contributed by atoms with Gasteiger partial charge in [0.15, 0.2) is 0 Å². The molecule has 1 aliphatic heterocycles. The summed E-state index contributed by atoms with van der Waals surface area (Å²) in [5, 5.41) is 3.12. The van der Waals surface area contributed by atoms with E-state index >= 15 is 0 Å². The Hall–Kier alpha value is -1.10. The number of nitrogens with zero attached hydrogens (tertiary/aromatic N) is 1. The summed E-state index contributed by atoms with van der Waals surface area (Å²) >= 11 is 0. The first-order chi connectivity index (χ1) is 11.2. The van der Waals surface area contributed by atoms with E-state index in [0.29, 0.717) is 13.0 Å². The lowest BCUT2D eigenvalue weighted by atomic mass is 9.96. The molecule has 23 heavy (non-hydrogen) atoms. The SMILES string of the molecule is CCOC(=O)CCCCCN1CCC[C@@H](C(=O)NCC2CC2)C1. The second-order valence-corrected chi connectivity index (χ2v) is 6.94. The number of nitrogens with one attached hydrogen (secondary N) is 1. The predicted octanol–water partition coefficient (Wildman–Crippen LogP) is 2.35. The highest BCUT2D eigenvalue weighted by atomic mass is 16.5. The number of ether oxygens (including phenoxy) is 1. The third-order valence-electron chi connectivity index (χ3n) is 4.80. The highest BCUT2D eigenvalue weighted by Crippen LogP contribution is 2.28. The fourth-order valence-electron chi connectivity index (χ4n) is 3.20. The van der Waals surface area contributed by atoms with Crippen molar-refractivity contribution in [3.8, 4) is 0 Å². The van der Waals surface area contributed by atoms with Gasteiger partial charge in [0.05, 0.1) is 12.5 Å². The van der Waals surface area contributed by atoms with Crippen LogP contribution < -0.4 is 5.32 Å². The van der Waals surface area contributed by atoms with Gasteiger partial charge in [-0.15, -0.1) is 0 Å². The standard InChI is InChI=1S/C18H32N2O3/c1-2-23-17(21)8-4-3-5-11-20-12-6-7-16(14-20)18(22)19-13-15-9-10-15/h15-16H,2-14H2,1H3,(H,19,22)/t16-/m1/s1. The highest BCUT2D eigenvalue weighted by Gasteiger charge is 2.27. The van der Waals surface area contributed by atoms with E-state index in [1.54, 1.807) is 0 Å². The number of amides is 1. The number of rotatable bonds is 10. The third-order valence-corrected chi connectivity index (χ3v) is 4.80. The molecule has 0 radical (unpaired) electrons. The summed E-state index contributed by atoms with van der Waals surface area (Å²) in [6.07, 6.45) is 8.27. The predicted molar refractivity (Wildman–Crippen MR) is 90.0 cm³/mol. The van der Waals surface area contributed by atoms with Crippen LogP contribution in [0.4, 0.5) is 0 Å². The molecule has 1 N–H and O–H groups in total. The molecule has 1 aliphatic carbocycles. The van der Waals surface area contributed by atoms with E-state index in [4.69, 9.17) is 4.74 Å². The third kappa shape index (κ3) is 7.34. The van der Waals surface area contributed by atoms with Gasteiger partial charge in [-0.05, 0) is 64.5 Å². The zero-order chi connectivity index (χ0) is 16.5. The molecular formula is C18H32N2O3. The van der Waals surface area contributed by atoms with Crippen molar-refractivity contribution < 1.29 is 14.3 Å². The van der Waals surface area contributed by atoms with E-state index in [2.05, 4.69) is 10.2 Å². The molecule has 2 aliphatic rings. The molecule has 0 spiro atoms. The number of esters is 1. The number of carbonyl (C=O) groups is 2. The first-order valence-corrected chi connectivity index (χ1v) is 9.34. The van der Waals surface area contributed by atoms with Gasteiger partial charge < -0.3 is 15.0 Å². The summed E-state index contributed by atoms with van der Waals surface area (Å²) < 4.78 is 4.93. The van der Waals surface area contributed by atoms with Gasteiger partial charge in [0, 0.05) is 19.5 Å². The number of hydrogen-bond donors (Lipinski definition) is 1. The number of carbonyl (C=O) groups excluding carboxylic acids is 2. The largest absolute Gasteiger partial charge is 0.466 e. The van der Waals surface area contributed by atoms with Gasteiger partial charge in [-0.1, -0.05) is 6.42 Å². The van der Waals surface area contributed by atoms with Crippen LogP contribution in [0.2, 0.25) is 0 Å². The molecule has 2 rings (SSSR count). The minimum absolute atomic E-state index is 0.0853. The molecule has 0 bridgehead atoms. The van der Waals surface area contributed by atoms with E-state index in [0.717, 1.165) is 64.2 Å².